The highest BCUT2D eigenvalue weighted by atomic mass is 16.6. The lowest BCUT2D eigenvalue weighted by molar-refractivity contribution is 0.271. The molecule has 2 nitrogen and oxygen atoms in total. The van der Waals surface area contributed by atoms with E-state index in [-0.39, 0.29) is 0 Å². The molecule has 0 saturated carbocycles. The zero-order valence-corrected chi connectivity index (χ0v) is 9.53. The Morgan fingerprint density at radius 1 is 0.812 bits per heavy atom. The van der Waals surface area contributed by atoms with Gasteiger partial charge in [-0.05, 0) is 30.2 Å². The predicted molar refractivity (Wildman–Crippen MR) is 67.2 cm³/mol. The van der Waals surface area contributed by atoms with Crippen LogP contribution in [0.25, 0.3) is 11.1 Å². The first-order valence-corrected chi connectivity index (χ1v) is 5.26. The van der Waals surface area contributed by atoms with Gasteiger partial charge < -0.3 is 0 Å². The summed E-state index contributed by atoms with van der Waals surface area (Å²) in [5, 5.41) is 0. The quantitative estimate of drug-likeness (QED) is 0.786. The topological polar surface area (TPSA) is 21.3 Å². The van der Waals surface area contributed by atoms with Gasteiger partial charge in [0, 0.05) is 0 Å². The SMILES string of the molecule is CONc1ccc(-c2ccc(C)cc2)cc1. The summed E-state index contributed by atoms with van der Waals surface area (Å²) in [6.07, 6.45) is 0. The molecule has 2 heteroatoms. The Hall–Kier alpha value is -1.80. The summed E-state index contributed by atoms with van der Waals surface area (Å²) in [4.78, 5) is 4.84. The second-order valence-corrected chi connectivity index (χ2v) is 3.75. The monoisotopic (exact) mass is 213 g/mol. The molecule has 0 bridgehead atoms. The van der Waals surface area contributed by atoms with Gasteiger partial charge in [0.25, 0.3) is 0 Å². The summed E-state index contributed by atoms with van der Waals surface area (Å²) < 4.78 is 0. The average Bonchev–Trinajstić information content (AvgIpc) is 2.32. The van der Waals surface area contributed by atoms with Gasteiger partial charge in [-0.15, -0.1) is 0 Å². The minimum Gasteiger partial charge on any atom is -0.279 e. The fraction of sp³-hybridized carbons (Fsp3) is 0.143. The van der Waals surface area contributed by atoms with Crippen LogP contribution < -0.4 is 5.48 Å². The Morgan fingerprint density at radius 3 is 1.81 bits per heavy atom. The first-order valence-electron chi connectivity index (χ1n) is 5.26. The summed E-state index contributed by atoms with van der Waals surface area (Å²) in [5.41, 5.74) is 7.47. The Balaban J connectivity index is 2.24. The second-order valence-electron chi connectivity index (χ2n) is 3.75. The maximum atomic E-state index is 4.84. The van der Waals surface area contributed by atoms with Gasteiger partial charge in [0.15, 0.2) is 0 Å². The number of anilines is 1. The smallest absolute Gasteiger partial charge is 0.0636 e. The molecule has 0 saturated heterocycles. The van der Waals surface area contributed by atoms with Crippen LogP contribution in [0.2, 0.25) is 0 Å². The first kappa shape index (κ1) is 10.7. The van der Waals surface area contributed by atoms with Crippen LogP contribution in [-0.2, 0) is 4.84 Å². The van der Waals surface area contributed by atoms with Gasteiger partial charge in [-0.2, -0.15) is 0 Å². The zero-order chi connectivity index (χ0) is 11.4. The predicted octanol–water partition coefficient (Wildman–Crippen LogP) is 3.64. The summed E-state index contributed by atoms with van der Waals surface area (Å²) in [5.74, 6) is 0. The molecule has 0 unspecified atom stereocenters. The van der Waals surface area contributed by atoms with Crippen molar-refractivity contribution < 1.29 is 4.84 Å². The third-order valence-electron chi connectivity index (χ3n) is 2.49. The van der Waals surface area contributed by atoms with Gasteiger partial charge in [0.05, 0.1) is 12.8 Å². The summed E-state index contributed by atoms with van der Waals surface area (Å²) >= 11 is 0. The van der Waals surface area contributed by atoms with Crippen molar-refractivity contribution in [3.8, 4) is 11.1 Å². The number of rotatable bonds is 3. The molecule has 0 aliphatic heterocycles. The van der Waals surface area contributed by atoms with Crippen LogP contribution in [0.3, 0.4) is 0 Å². The molecule has 2 aromatic rings. The van der Waals surface area contributed by atoms with Gasteiger partial charge in [0.1, 0.15) is 0 Å². The van der Waals surface area contributed by atoms with Crippen LogP contribution in [0.1, 0.15) is 5.56 Å². The lowest BCUT2D eigenvalue weighted by atomic mass is 10.0. The van der Waals surface area contributed by atoms with Crippen molar-refractivity contribution in [3.63, 3.8) is 0 Å². The van der Waals surface area contributed by atoms with E-state index in [1.807, 2.05) is 12.1 Å². The second kappa shape index (κ2) is 4.81. The van der Waals surface area contributed by atoms with Crippen molar-refractivity contribution in [3.05, 3.63) is 54.1 Å². The maximum absolute atomic E-state index is 4.84. The third-order valence-corrected chi connectivity index (χ3v) is 2.49. The van der Waals surface area contributed by atoms with E-state index in [2.05, 4.69) is 48.8 Å². The Kier molecular flexibility index (Phi) is 3.22. The van der Waals surface area contributed by atoms with E-state index < -0.39 is 0 Å². The average molecular weight is 213 g/mol. The van der Waals surface area contributed by atoms with E-state index in [1.165, 1.54) is 16.7 Å². The van der Waals surface area contributed by atoms with Crippen LogP contribution in [0.5, 0.6) is 0 Å². The highest BCUT2D eigenvalue weighted by Crippen LogP contribution is 2.21. The number of benzene rings is 2. The molecule has 1 N–H and O–H groups in total. The van der Waals surface area contributed by atoms with E-state index in [4.69, 9.17) is 4.84 Å². The zero-order valence-electron chi connectivity index (χ0n) is 9.53. The molecule has 0 radical (unpaired) electrons. The van der Waals surface area contributed by atoms with E-state index in [0.717, 1.165) is 5.69 Å². The molecule has 0 heterocycles. The minimum atomic E-state index is 0.957. The lowest BCUT2D eigenvalue weighted by Gasteiger charge is -2.05. The van der Waals surface area contributed by atoms with Crippen molar-refractivity contribution in [1.82, 2.24) is 0 Å². The fourth-order valence-corrected chi connectivity index (χ4v) is 1.59. The molecule has 0 aliphatic carbocycles. The van der Waals surface area contributed by atoms with Crippen LogP contribution in [-0.4, -0.2) is 7.11 Å². The summed E-state index contributed by atoms with van der Waals surface area (Å²) in [6, 6.07) is 16.7. The lowest BCUT2D eigenvalue weighted by Crippen LogP contribution is -1.94. The third kappa shape index (κ3) is 2.41. The molecular weight excluding hydrogens is 198 g/mol. The summed E-state index contributed by atoms with van der Waals surface area (Å²) in [6.45, 7) is 2.09. The van der Waals surface area contributed by atoms with Gasteiger partial charge in [-0.3, -0.25) is 10.3 Å². The van der Waals surface area contributed by atoms with E-state index in [0.29, 0.717) is 0 Å². The highest BCUT2D eigenvalue weighted by Gasteiger charge is 1.97. The first-order chi connectivity index (χ1) is 7.79. The van der Waals surface area contributed by atoms with Crippen LogP contribution >= 0.6 is 0 Å². The molecular formula is C14H15NO. The summed E-state index contributed by atoms with van der Waals surface area (Å²) in [7, 11) is 1.61. The van der Waals surface area contributed by atoms with Crippen LogP contribution in [0.15, 0.2) is 48.5 Å². The van der Waals surface area contributed by atoms with Crippen LogP contribution in [0, 0.1) is 6.92 Å². The molecule has 0 aromatic heterocycles. The van der Waals surface area contributed by atoms with Gasteiger partial charge in [0.2, 0.25) is 0 Å². The van der Waals surface area contributed by atoms with Gasteiger partial charge in [-0.25, -0.2) is 0 Å². The van der Waals surface area contributed by atoms with Crippen molar-refractivity contribution >= 4 is 5.69 Å². The molecule has 16 heavy (non-hydrogen) atoms. The standard InChI is InChI=1S/C14H15NO/c1-11-3-5-12(6-4-11)13-7-9-14(10-8-13)15-16-2/h3-10,15H,1-2H3. The maximum Gasteiger partial charge on any atom is 0.0636 e. The fourth-order valence-electron chi connectivity index (χ4n) is 1.59. The molecule has 0 fully saturated rings. The van der Waals surface area contributed by atoms with Gasteiger partial charge >= 0.3 is 0 Å². The van der Waals surface area contributed by atoms with E-state index in [9.17, 15) is 0 Å². The molecule has 0 atom stereocenters. The van der Waals surface area contributed by atoms with Crippen LogP contribution in [0.4, 0.5) is 5.69 Å². The molecule has 82 valence electrons. The number of nitrogens with one attached hydrogen (secondary N) is 1. The highest BCUT2D eigenvalue weighted by molar-refractivity contribution is 5.65. The Morgan fingerprint density at radius 2 is 1.31 bits per heavy atom. The van der Waals surface area contributed by atoms with E-state index in [1.54, 1.807) is 7.11 Å². The van der Waals surface area contributed by atoms with Crippen molar-refractivity contribution in [1.29, 1.82) is 0 Å². The Bertz CT molecular complexity index is 445. The normalized spacial score (nSPS) is 10.1. The largest absolute Gasteiger partial charge is 0.279 e. The van der Waals surface area contributed by atoms with E-state index >= 15 is 0 Å². The molecule has 2 aromatic carbocycles. The molecule has 0 spiro atoms. The molecule has 0 amide bonds. The minimum absolute atomic E-state index is 0.957. The number of hydrogen-bond acceptors (Lipinski definition) is 2. The van der Waals surface area contributed by atoms with Crippen molar-refractivity contribution in [2.45, 2.75) is 6.92 Å². The number of aryl methyl sites for hydroxylation is 1. The molecule has 2 rings (SSSR count). The molecule has 0 aliphatic rings. The van der Waals surface area contributed by atoms with Crippen molar-refractivity contribution in [2.75, 3.05) is 12.6 Å². The Labute approximate surface area is 95.8 Å². The van der Waals surface area contributed by atoms with Crippen molar-refractivity contribution in [2.24, 2.45) is 0 Å². The van der Waals surface area contributed by atoms with Gasteiger partial charge in [-0.1, -0.05) is 42.0 Å². The number of hydrogen-bond donors (Lipinski definition) is 1.